The van der Waals surface area contributed by atoms with Gasteiger partial charge in [-0.25, -0.2) is 0 Å². The summed E-state index contributed by atoms with van der Waals surface area (Å²) in [6.07, 6.45) is 2.36. The molecule has 0 amide bonds. The fourth-order valence-corrected chi connectivity index (χ4v) is 1.34. The number of likely N-dealkylation sites (N-methyl/N-ethyl adjacent to an activating group) is 1. The summed E-state index contributed by atoms with van der Waals surface area (Å²) in [5.41, 5.74) is 3.81. The monoisotopic (exact) mass is 167 g/mol. The smallest absolute Gasteiger partial charge is 0.0352 e. The summed E-state index contributed by atoms with van der Waals surface area (Å²) in [7, 11) is 0. The van der Waals surface area contributed by atoms with Gasteiger partial charge in [0.05, 0.1) is 0 Å². The van der Waals surface area contributed by atoms with Crippen molar-refractivity contribution in [3.8, 4) is 0 Å². The third kappa shape index (κ3) is 3.61. The molecule has 70 valence electrons. The highest BCUT2D eigenvalue weighted by Gasteiger charge is 2.00. The van der Waals surface area contributed by atoms with E-state index >= 15 is 0 Å². The fourth-order valence-electron chi connectivity index (χ4n) is 1.34. The van der Waals surface area contributed by atoms with E-state index in [4.69, 9.17) is 0 Å². The van der Waals surface area contributed by atoms with Gasteiger partial charge in [0.2, 0.25) is 0 Å². The van der Waals surface area contributed by atoms with E-state index in [1.807, 2.05) is 0 Å². The maximum Gasteiger partial charge on any atom is 0.0352 e. The van der Waals surface area contributed by atoms with Crippen molar-refractivity contribution in [1.29, 1.82) is 0 Å². The molecule has 0 bridgehead atoms. The number of hydrogen-bond acceptors (Lipinski definition) is 1. The largest absolute Gasteiger partial charge is 0.385 e. The molecule has 0 radical (unpaired) electrons. The average Bonchev–Trinajstić information content (AvgIpc) is 1.99. The first-order chi connectivity index (χ1) is 5.63. The Morgan fingerprint density at radius 3 is 2.17 bits per heavy atom. The summed E-state index contributed by atoms with van der Waals surface area (Å²) in [6, 6.07) is 0. The molecule has 0 unspecified atom stereocenters. The van der Waals surface area contributed by atoms with E-state index in [9.17, 15) is 0 Å². The molecule has 0 atom stereocenters. The quantitative estimate of drug-likeness (QED) is 0.620. The SMILES string of the molecule is C=C(C)/C(NCC)=C(\C)CCC. The van der Waals surface area contributed by atoms with Crippen LogP contribution < -0.4 is 5.32 Å². The highest BCUT2D eigenvalue weighted by Crippen LogP contribution is 2.13. The van der Waals surface area contributed by atoms with Crippen molar-refractivity contribution in [3.05, 3.63) is 23.4 Å². The van der Waals surface area contributed by atoms with Crippen LogP contribution in [0.15, 0.2) is 23.4 Å². The Morgan fingerprint density at radius 2 is 1.83 bits per heavy atom. The standard InChI is InChI=1S/C11H21N/c1-6-8-10(5)11(9(3)4)12-7-2/h12H,3,6-8H2,1-2,4-5H3/b11-10-. The predicted octanol–water partition coefficient (Wildman–Crippen LogP) is 3.25. The minimum atomic E-state index is 0.975. The lowest BCUT2D eigenvalue weighted by atomic mass is 10.1. The van der Waals surface area contributed by atoms with Crippen LogP contribution in [0.1, 0.15) is 40.5 Å². The van der Waals surface area contributed by atoms with E-state index in [2.05, 4.69) is 39.6 Å². The minimum absolute atomic E-state index is 0.975. The van der Waals surface area contributed by atoms with Crippen LogP contribution in [0.25, 0.3) is 0 Å². The Kier molecular flexibility index (Phi) is 5.52. The Labute approximate surface area is 76.6 Å². The predicted molar refractivity (Wildman–Crippen MR) is 56.1 cm³/mol. The third-order valence-electron chi connectivity index (χ3n) is 1.83. The van der Waals surface area contributed by atoms with Gasteiger partial charge in [-0.15, -0.1) is 0 Å². The zero-order valence-electron chi connectivity index (χ0n) is 8.83. The van der Waals surface area contributed by atoms with Crippen molar-refractivity contribution in [2.24, 2.45) is 0 Å². The first-order valence-electron chi connectivity index (χ1n) is 4.72. The molecule has 0 fully saturated rings. The van der Waals surface area contributed by atoms with E-state index in [0.717, 1.165) is 18.5 Å². The lowest BCUT2D eigenvalue weighted by molar-refractivity contribution is 0.809. The van der Waals surface area contributed by atoms with E-state index in [1.54, 1.807) is 0 Å². The Balaban J connectivity index is 4.43. The second-order valence-corrected chi connectivity index (χ2v) is 3.22. The van der Waals surface area contributed by atoms with E-state index < -0.39 is 0 Å². The molecule has 0 saturated heterocycles. The topological polar surface area (TPSA) is 12.0 Å². The summed E-state index contributed by atoms with van der Waals surface area (Å²) >= 11 is 0. The second kappa shape index (κ2) is 5.87. The minimum Gasteiger partial charge on any atom is -0.385 e. The number of nitrogens with one attached hydrogen (secondary N) is 1. The van der Waals surface area contributed by atoms with E-state index in [0.29, 0.717) is 0 Å². The van der Waals surface area contributed by atoms with Gasteiger partial charge >= 0.3 is 0 Å². The molecule has 0 aliphatic heterocycles. The van der Waals surface area contributed by atoms with Crippen LogP contribution in [0.2, 0.25) is 0 Å². The molecule has 0 aliphatic carbocycles. The summed E-state index contributed by atoms with van der Waals surface area (Å²) in [6.45, 7) is 13.5. The second-order valence-electron chi connectivity index (χ2n) is 3.22. The van der Waals surface area contributed by atoms with Crippen molar-refractivity contribution < 1.29 is 0 Å². The molecule has 0 aliphatic rings. The molecule has 0 spiro atoms. The van der Waals surface area contributed by atoms with Crippen LogP contribution in [-0.4, -0.2) is 6.54 Å². The van der Waals surface area contributed by atoms with Crippen molar-refractivity contribution in [2.75, 3.05) is 6.54 Å². The van der Waals surface area contributed by atoms with Crippen molar-refractivity contribution in [2.45, 2.75) is 40.5 Å². The normalized spacial score (nSPS) is 12.3. The van der Waals surface area contributed by atoms with Crippen LogP contribution in [-0.2, 0) is 0 Å². The van der Waals surface area contributed by atoms with Crippen LogP contribution >= 0.6 is 0 Å². The summed E-state index contributed by atoms with van der Waals surface area (Å²) in [5, 5.41) is 3.35. The van der Waals surface area contributed by atoms with Crippen LogP contribution in [0.5, 0.6) is 0 Å². The summed E-state index contributed by atoms with van der Waals surface area (Å²) in [4.78, 5) is 0. The first-order valence-corrected chi connectivity index (χ1v) is 4.72. The summed E-state index contributed by atoms with van der Waals surface area (Å²) < 4.78 is 0. The van der Waals surface area contributed by atoms with Gasteiger partial charge in [-0.1, -0.05) is 19.9 Å². The molecule has 0 aromatic heterocycles. The van der Waals surface area contributed by atoms with Crippen LogP contribution in [0.4, 0.5) is 0 Å². The Bertz CT molecular complexity index is 177. The van der Waals surface area contributed by atoms with Gasteiger partial charge in [0.25, 0.3) is 0 Å². The molecule has 12 heavy (non-hydrogen) atoms. The van der Waals surface area contributed by atoms with Crippen LogP contribution in [0, 0.1) is 0 Å². The number of allylic oxidation sites excluding steroid dienone is 2. The fraction of sp³-hybridized carbons (Fsp3) is 0.636. The number of hydrogen-bond donors (Lipinski definition) is 1. The van der Waals surface area contributed by atoms with Gasteiger partial charge < -0.3 is 5.32 Å². The molecule has 0 heterocycles. The maximum atomic E-state index is 3.96. The lowest BCUT2D eigenvalue weighted by Gasteiger charge is -2.12. The zero-order valence-corrected chi connectivity index (χ0v) is 8.83. The van der Waals surface area contributed by atoms with Gasteiger partial charge in [-0.3, -0.25) is 0 Å². The maximum absolute atomic E-state index is 3.96. The molecular formula is C11H21N. The molecule has 0 aromatic rings. The highest BCUT2D eigenvalue weighted by atomic mass is 14.9. The molecule has 0 rings (SSSR count). The van der Waals surface area contributed by atoms with Crippen LogP contribution in [0.3, 0.4) is 0 Å². The highest BCUT2D eigenvalue weighted by molar-refractivity contribution is 5.29. The molecule has 1 heteroatoms. The summed E-state index contributed by atoms with van der Waals surface area (Å²) in [5.74, 6) is 0. The van der Waals surface area contributed by atoms with Crippen molar-refractivity contribution in [1.82, 2.24) is 5.32 Å². The van der Waals surface area contributed by atoms with Crippen molar-refractivity contribution in [3.63, 3.8) is 0 Å². The first kappa shape index (κ1) is 11.3. The number of rotatable bonds is 5. The molecule has 1 nitrogen and oxygen atoms in total. The van der Waals surface area contributed by atoms with Gasteiger partial charge in [0.15, 0.2) is 0 Å². The molecule has 0 aromatic carbocycles. The van der Waals surface area contributed by atoms with Gasteiger partial charge in [-0.05, 0) is 38.3 Å². The molecule has 1 N–H and O–H groups in total. The van der Waals surface area contributed by atoms with E-state index in [1.165, 1.54) is 17.7 Å². The van der Waals surface area contributed by atoms with Gasteiger partial charge in [0.1, 0.15) is 0 Å². The molecular weight excluding hydrogens is 146 g/mol. The Hall–Kier alpha value is -0.720. The zero-order chi connectivity index (χ0) is 9.56. The van der Waals surface area contributed by atoms with Crippen molar-refractivity contribution >= 4 is 0 Å². The van der Waals surface area contributed by atoms with Gasteiger partial charge in [0, 0.05) is 12.2 Å². The van der Waals surface area contributed by atoms with Gasteiger partial charge in [-0.2, -0.15) is 0 Å². The Morgan fingerprint density at radius 1 is 1.25 bits per heavy atom. The average molecular weight is 167 g/mol. The van der Waals surface area contributed by atoms with E-state index in [-0.39, 0.29) is 0 Å². The lowest BCUT2D eigenvalue weighted by Crippen LogP contribution is -2.14. The molecule has 0 saturated carbocycles. The third-order valence-corrected chi connectivity index (χ3v) is 1.83.